The highest BCUT2D eigenvalue weighted by Crippen LogP contribution is 2.29. The minimum atomic E-state index is -4.65. The highest BCUT2D eigenvalue weighted by Gasteiger charge is 2.32. The topological polar surface area (TPSA) is 25.0 Å². The lowest BCUT2D eigenvalue weighted by atomic mass is 10.2. The molecule has 0 amide bonds. The van der Waals surface area contributed by atoms with Crippen LogP contribution in [0.2, 0.25) is 0 Å². The Morgan fingerprint density at radius 1 is 1.14 bits per heavy atom. The molecule has 0 aliphatic carbocycles. The molecule has 0 aliphatic heterocycles. The average Bonchev–Trinajstić information content (AvgIpc) is 2.47. The van der Waals surface area contributed by atoms with Gasteiger partial charge in [-0.3, -0.25) is 0 Å². The van der Waals surface area contributed by atoms with E-state index < -0.39 is 6.36 Å². The molecule has 5 heteroatoms. The van der Waals surface area contributed by atoms with Gasteiger partial charge in [0.1, 0.15) is 0 Å². The molecule has 2 rings (SSSR count). The number of ether oxygens (including phenoxy) is 1. The number of fused-ring (bicyclic) bond motifs is 1. The average molecular weight is 201 g/mol. The van der Waals surface area contributed by atoms with Crippen molar-refractivity contribution in [3.63, 3.8) is 0 Å². The highest BCUT2D eigenvalue weighted by atomic mass is 19.4. The second-order valence-electron chi connectivity index (χ2n) is 2.75. The Hall–Kier alpha value is -1.65. The van der Waals surface area contributed by atoms with E-state index >= 15 is 0 Å². The van der Waals surface area contributed by atoms with Crippen LogP contribution in [-0.4, -0.2) is 11.3 Å². The molecule has 2 aromatic rings. The number of benzene rings is 1. The number of H-pyrrole nitrogens is 1. The van der Waals surface area contributed by atoms with Crippen molar-refractivity contribution in [1.29, 1.82) is 0 Å². The van der Waals surface area contributed by atoms with Gasteiger partial charge in [0, 0.05) is 17.1 Å². The van der Waals surface area contributed by atoms with E-state index in [2.05, 4.69) is 9.72 Å². The number of rotatable bonds is 1. The largest absolute Gasteiger partial charge is 0.573 e. The fourth-order valence-electron chi connectivity index (χ4n) is 1.25. The lowest BCUT2D eigenvalue weighted by molar-refractivity contribution is -0.274. The van der Waals surface area contributed by atoms with Crippen molar-refractivity contribution in [2.75, 3.05) is 0 Å². The fraction of sp³-hybridized carbons (Fsp3) is 0.111. The van der Waals surface area contributed by atoms with E-state index in [-0.39, 0.29) is 5.75 Å². The quantitative estimate of drug-likeness (QED) is 0.753. The summed E-state index contributed by atoms with van der Waals surface area (Å²) in [5.41, 5.74) is 0.617. The normalized spacial score (nSPS) is 11.9. The molecule has 1 N–H and O–H groups in total. The van der Waals surface area contributed by atoms with Crippen molar-refractivity contribution in [3.05, 3.63) is 30.5 Å². The van der Waals surface area contributed by atoms with Gasteiger partial charge in [0.25, 0.3) is 0 Å². The van der Waals surface area contributed by atoms with Gasteiger partial charge < -0.3 is 9.72 Å². The lowest BCUT2D eigenvalue weighted by Crippen LogP contribution is -2.16. The molecule has 74 valence electrons. The molecule has 1 heterocycles. The minimum Gasteiger partial charge on any atom is -0.404 e. The molecule has 1 aromatic heterocycles. The van der Waals surface area contributed by atoms with Crippen LogP contribution in [0.5, 0.6) is 5.75 Å². The van der Waals surface area contributed by atoms with Gasteiger partial charge in [0.15, 0.2) is 5.75 Å². The molecule has 0 saturated heterocycles. The smallest absolute Gasteiger partial charge is 0.404 e. The predicted molar refractivity (Wildman–Crippen MR) is 45.0 cm³/mol. The monoisotopic (exact) mass is 201 g/mol. The molecule has 0 fully saturated rings. The Balaban J connectivity index is 2.44. The second kappa shape index (κ2) is 2.94. The summed E-state index contributed by atoms with van der Waals surface area (Å²) in [6.45, 7) is 0. The first kappa shape index (κ1) is 8.93. The molecule has 0 atom stereocenters. The number of hydrogen-bond acceptors (Lipinski definition) is 1. The Bertz CT molecular complexity index is 446. The Labute approximate surface area is 77.3 Å². The van der Waals surface area contributed by atoms with Crippen LogP contribution in [0, 0.1) is 0 Å². The number of hydrogen-bond donors (Lipinski definition) is 1. The van der Waals surface area contributed by atoms with Crippen LogP contribution < -0.4 is 4.74 Å². The van der Waals surface area contributed by atoms with Crippen LogP contribution in [0.25, 0.3) is 10.9 Å². The van der Waals surface area contributed by atoms with E-state index in [9.17, 15) is 13.2 Å². The lowest BCUT2D eigenvalue weighted by Gasteiger charge is -2.06. The Morgan fingerprint density at radius 3 is 2.57 bits per heavy atom. The minimum absolute atomic E-state index is 0.201. The fourth-order valence-corrected chi connectivity index (χ4v) is 1.25. The van der Waals surface area contributed by atoms with Crippen molar-refractivity contribution in [2.45, 2.75) is 6.36 Å². The van der Waals surface area contributed by atoms with Crippen LogP contribution in [0.15, 0.2) is 30.5 Å². The van der Waals surface area contributed by atoms with Gasteiger partial charge in [-0.25, -0.2) is 0 Å². The van der Waals surface area contributed by atoms with Gasteiger partial charge in [-0.1, -0.05) is 12.1 Å². The summed E-state index contributed by atoms with van der Waals surface area (Å²) >= 11 is 0. The van der Waals surface area contributed by atoms with Gasteiger partial charge >= 0.3 is 6.36 Å². The van der Waals surface area contributed by atoms with E-state index in [0.29, 0.717) is 10.9 Å². The first-order valence-electron chi connectivity index (χ1n) is 3.88. The number of para-hydroxylation sites is 1. The SMILES string of the molecule is FC(F)(F)Oc1c[nH]c2ccccc12. The summed E-state index contributed by atoms with van der Waals surface area (Å²) in [4.78, 5) is 2.69. The van der Waals surface area contributed by atoms with Gasteiger partial charge in [-0.2, -0.15) is 0 Å². The third-order valence-corrected chi connectivity index (χ3v) is 1.78. The maximum absolute atomic E-state index is 11.9. The first-order chi connectivity index (χ1) is 6.56. The molecule has 0 aliphatic rings. The second-order valence-corrected chi connectivity index (χ2v) is 2.75. The molecule has 14 heavy (non-hydrogen) atoms. The summed E-state index contributed by atoms with van der Waals surface area (Å²) in [6, 6.07) is 6.63. The Kier molecular flexibility index (Phi) is 1.87. The van der Waals surface area contributed by atoms with Crippen LogP contribution in [0.3, 0.4) is 0 Å². The van der Waals surface area contributed by atoms with Gasteiger partial charge in [0.05, 0.1) is 0 Å². The summed E-state index contributed by atoms with van der Waals surface area (Å²) in [5.74, 6) is -0.201. The molecule has 0 spiro atoms. The van der Waals surface area contributed by atoms with Crippen LogP contribution in [0.4, 0.5) is 13.2 Å². The van der Waals surface area contributed by atoms with Crippen molar-refractivity contribution in [3.8, 4) is 5.75 Å². The van der Waals surface area contributed by atoms with Gasteiger partial charge in [-0.15, -0.1) is 13.2 Å². The van der Waals surface area contributed by atoms with Crippen LogP contribution in [-0.2, 0) is 0 Å². The summed E-state index contributed by atoms with van der Waals surface area (Å²) in [6.07, 6.45) is -3.46. The van der Waals surface area contributed by atoms with E-state index in [4.69, 9.17) is 0 Å². The van der Waals surface area contributed by atoms with Crippen LogP contribution >= 0.6 is 0 Å². The van der Waals surface area contributed by atoms with Gasteiger partial charge in [0.2, 0.25) is 0 Å². The summed E-state index contributed by atoms with van der Waals surface area (Å²) in [7, 11) is 0. The zero-order valence-corrected chi connectivity index (χ0v) is 6.93. The van der Waals surface area contributed by atoms with Crippen molar-refractivity contribution in [2.24, 2.45) is 0 Å². The molecule has 2 nitrogen and oxygen atoms in total. The van der Waals surface area contributed by atoms with Crippen molar-refractivity contribution >= 4 is 10.9 Å². The summed E-state index contributed by atoms with van der Waals surface area (Å²) < 4.78 is 39.6. The molecule has 0 bridgehead atoms. The summed E-state index contributed by atoms with van der Waals surface area (Å²) in [5, 5.41) is 0.421. The van der Waals surface area contributed by atoms with Crippen molar-refractivity contribution in [1.82, 2.24) is 4.98 Å². The third kappa shape index (κ3) is 1.66. The number of halogens is 3. The maximum Gasteiger partial charge on any atom is 0.573 e. The number of nitrogens with one attached hydrogen (secondary N) is 1. The zero-order chi connectivity index (χ0) is 10.2. The standard InChI is InChI=1S/C9H6F3NO/c10-9(11,12)14-8-5-13-7-4-2-1-3-6(7)8/h1-5,13H. The molecule has 0 radical (unpaired) electrons. The third-order valence-electron chi connectivity index (χ3n) is 1.78. The number of aromatic nitrogens is 1. The maximum atomic E-state index is 11.9. The predicted octanol–water partition coefficient (Wildman–Crippen LogP) is 3.07. The highest BCUT2D eigenvalue weighted by molar-refractivity contribution is 5.85. The number of alkyl halides is 3. The Morgan fingerprint density at radius 2 is 1.86 bits per heavy atom. The zero-order valence-electron chi connectivity index (χ0n) is 6.93. The van der Waals surface area contributed by atoms with E-state index in [1.165, 1.54) is 6.20 Å². The molecule has 0 saturated carbocycles. The van der Waals surface area contributed by atoms with Crippen molar-refractivity contribution < 1.29 is 17.9 Å². The number of aromatic amines is 1. The molecule has 1 aromatic carbocycles. The van der Waals surface area contributed by atoms with E-state index in [0.717, 1.165) is 0 Å². The molecular formula is C9H6F3NO. The van der Waals surface area contributed by atoms with Crippen LogP contribution in [0.1, 0.15) is 0 Å². The first-order valence-corrected chi connectivity index (χ1v) is 3.88. The van der Waals surface area contributed by atoms with E-state index in [1.54, 1.807) is 24.3 Å². The van der Waals surface area contributed by atoms with E-state index in [1.807, 2.05) is 0 Å². The molecule has 0 unspecified atom stereocenters. The van der Waals surface area contributed by atoms with Gasteiger partial charge in [-0.05, 0) is 12.1 Å². The molecular weight excluding hydrogens is 195 g/mol.